The quantitative estimate of drug-likeness (QED) is 0.282. The van der Waals surface area contributed by atoms with Crippen LogP contribution in [0, 0.1) is 19.7 Å². The van der Waals surface area contributed by atoms with Crippen LogP contribution in [-0.2, 0) is 6.42 Å². The number of rotatable bonds is 10. The van der Waals surface area contributed by atoms with Crippen molar-refractivity contribution in [2.24, 2.45) is 0 Å². The van der Waals surface area contributed by atoms with Crippen LogP contribution >= 0.6 is 11.3 Å². The molecule has 0 saturated carbocycles. The molecule has 0 aliphatic heterocycles. The number of nitrogens with one attached hydrogen (secondary N) is 2. The summed E-state index contributed by atoms with van der Waals surface area (Å²) in [6.07, 6.45) is 2.23. The smallest absolute Gasteiger partial charge is 0.255 e. The fourth-order valence-electron chi connectivity index (χ4n) is 4.14. The Labute approximate surface area is 213 Å². The fraction of sp³-hybridized carbons (Fsp3) is 0.296. The maximum Gasteiger partial charge on any atom is 0.255 e. The molecule has 0 saturated heterocycles. The third kappa shape index (κ3) is 5.63. The highest BCUT2D eigenvalue weighted by Gasteiger charge is 2.15. The van der Waals surface area contributed by atoms with E-state index in [-0.39, 0.29) is 24.9 Å². The minimum Gasteiger partial charge on any atom is -0.493 e. The van der Waals surface area contributed by atoms with E-state index >= 15 is 0 Å². The number of hydrogen-bond donors (Lipinski definition) is 3. The molecule has 4 rings (SSSR count). The number of aliphatic hydroxyl groups is 1. The van der Waals surface area contributed by atoms with Gasteiger partial charge in [-0.1, -0.05) is 6.07 Å². The number of aromatic nitrogens is 2. The topological polar surface area (TPSA) is 96.4 Å². The van der Waals surface area contributed by atoms with Gasteiger partial charge in [-0.25, -0.2) is 14.4 Å². The summed E-state index contributed by atoms with van der Waals surface area (Å²) in [5.74, 6) is 0.592. The molecule has 2 heterocycles. The fourth-order valence-corrected chi connectivity index (χ4v) is 5.29. The van der Waals surface area contributed by atoms with Crippen molar-refractivity contribution >= 4 is 33.1 Å². The second-order valence-corrected chi connectivity index (χ2v) is 9.55. The van der Waals surface area contributed by atoms with Gasteiger partial charge in [0.25, 0.3) is 5.91 Å². The van der Waals surface area contributed by atoms with E-state index in [4.69, 9.17) is 9.84 Å². The minimum absolute atomic E-state index is 0.136. The van der Waals surface area contributed by atoms with E-state index in [1.807, 2.05) is 19.9 Å². The van der Waals surface area contributed by atoms with Crippen molar-refractivity contribution in [3.05, 3.63) is 70.1 Å². The molecule has 1 amide bonds. The normalized spacial score (nSPS) is 11.0. The largest absolute Gasteiger partial charge is 0.493 e. The summed E-state index contributed by atoms with van der Waals surface area (Å²) in [5.41, 5.74) is 3.97. The zero-order chi connectivity index (χ0) is 25.7. The average Bonchev–Trinajstić information content (AvgIpc) is 3.18. The monoisotopic (exact) mass is 508 g/mol. The number of carbonyl (C=O) groups is 1. The van der Waals surface area contributed by atoms with Crippen LogP contribution in [0.25, 0.3) is 21.3 Å². The standard InChI is InChI=1S/C27H29FN4O3S/c1-4-35-24-12-18(5-6-21(24)27(34)30-9-10-33)23-14-25(32-15-31-23)29-8-7-20-17(3)36-26-16(2)11-19(28)13-22(20)26/h5-6,11-15,33H,4,7-10H2,1-3H3,(H,30,34)(H,29,31,32). The van der Waals surface area contributed by atoms with Crippen LogP contribution in [0.2, 0.25) is 0 Å². The van der Waals surface area contributed by atoms with Gasteiger partial charge in [0, 0.05) is 34.3 Å². The van der Waals surface area contributed by atoms with Gasteiger partial charge in [-0.05, 0) is 68.0 Å². The van der Waals surface area contributed by atoms with Crippen LogP contribution < -0.4 is 15.4 Å². The van der Waals surface area contributed by atoms with Gasteiger partial charge in [-0.15, -0.1) is 11.3 Å². The van der Waals surface area contributed by atoms with Gasteiger partial charge in [0.1, 0.15) is 23.7 Å². The predicted octanol–water partition coefficient (Wildman–Crippen LogP) is 4.89. The van der Waals surface area contributed by atoms with Gasteiger partial charge >= 0.3 is 0 Å². The molecule has 0 atom stereocenters. The summed E-state index contributed by atoms with van der Waals surface area (Å²) in [6.45, 7) is 6.93. The molecular formula is C27H29FN4O3S. The number of thiophene rings is 1. The Bertz CT molecular complexity index is 1390. The first kappa shape index (κ1) is 25.5. The molecule has 0 bridgehead atoms. The summed E-state index contributed by atoms with van der Waals surface area (Å²) in [5, 5.41) is 15.9. The molecule has 3 N–H and O–H groups in total. The number of nitrogens with zero attached hydrogens (tertiary/aromatic N) is 2. The third-order valence-corrected chi connectivity index (χ3v) is 7.11. The van der Waals surface area contributed by atoms with Crippen molar-refractivity contribution in [1.82, 2.24) is 15.3 Å². The number of halogens is 1. The van der Waals surface area contributed by atoms with Crippen LogP contribution in [0.3, 0.4) is 0 Å². The summed E-state index contributed by atoms with van der Waals surface area (Å²) in [4.78, 5) is 22.3. The van der Waals surface area contributed by atoms with E-state index in [0.717, 1.165) is 33.2 Å². The number of anilines is 1. The van der Waals surface area contributed by atoms with Gasteiger partial charge in [-0.2, -0.15) is 0 Å². The maximum atomic E-state index is 14.0. The Morgan fingerprint density at radius 1 is 1.14 bits per heavy atom. The molecule has 188 valence electrons. The summed E-state index contributed by atoms with van der Waals surface area (Å²) in [6, 6.07) is 10.3. The van der Waals surface area contributed by atoms with Crippen LogP contribution in [-0.4, -0.2) is 47.3 Å². The van der Waals surface area contributed by atoms with Crippen LogP contribution in [0.15, 0.2) is 42.7 Å². The van der Waals surface area contributed by atoms with Crippen molar-refractivity contribution in [2.75, 3.05) is 31.6 Å². The number of aryl methyl sites for hydroxylation is 2. The molecule has 9 heteroatoms. The molecule has 36 heavy (non-hydrogen) atoms. The van der Waals surface area contributed by atoms with E-state index in [9.17, 15) is 9.18 Å². The van der Waals surface area contributed by atoms with Crippen molar-refractivity contribution in [2.45, 2.75) is 27.2 Å². The lowest BCUT2D eigenvalue weighted by Gasteiger charge is -2.13. The molecule has 0 radical (unpaired) electrons. The lowest BCUT2D eigenvalue weighted by atomic mass is 10.1. The van der Waals surface area contributed by atoms with E-state index in [2.05, 4.69) is 27.5 Å². The summed E-state index contributed by atoms with van der Waals surface area (Å²) >= 11 is 1.70. The van der Waals surface area contributed by atoms with Gasteiger partial charge in [0.05, 0.1) is 24.5 Å². The Balaban J connectivity index is 1.50. The zero-order valence-corrected chi connectivity index (χ0v) is 21.3. The number of hydrogen-bond acceptors (Lipinski definition) is 7. The van der Waals surface area contributed by atoms with Crippen molar-refractivity contribution in [3.8, 4) is 17.0 Å². The lowest BCUT2D eigenvalue weighted by Crippen LogP contribution is -2.26. The number of carbonyl (C=O) groups excluding carboxylic acids is 1. The SMILES string of the molecule is CCOc1cc(-c2cc(NCCc3c(C)sc4c(C)cc(F)cc34)ncn2)ccc1C(=O)NCCO. The molecule has 0 spiro atoms. The third-order valence-electron chi connectivity index (χ3n) is 5.81. The van der Waals surface area contributed by atoms with Gasteiger partial charge < -0.3 is 20.5 Å². The van der Waals surface area contributed by atoms with Crippen molar-refractivity contribution in [3.63, 3.8) is 0 Å². The Morgan fingerprint density at radius 3 is 2.75 bits per heavy atom. The molecule has 2 aromatic carbocycles. The van der Waals surface area contributed by atoms with E-state index in [1.165, 1.54) is 11.2 Å². The van der Waals surface area contributed by atoms with Gasteiger partial charge in [-0.3, -0.25) is 4.79 Å². The molecule has 0 aliphatic rings. The molecule has 0 fully saturated rings. The zero-order valence-electron chi connectivity index (χ0n) is 20.5. The Morgan fingerprint density at radius 2 is 1.97 bits per heavy atom. The minimum atomic E-state index is -0.310. The van der Waals surface area contributed by atoms with E-state index in [0.29, 0.717) is 36.0 Å². The Hall–Kier alpha value is -3.56. The predicted molar refractivity (Wildman–Crippen MR) is 142 cm³/mol. The van der Waals surface area contributed by atoms with Crippen LogP contribution in [0.4, 0.5) is 10.2 Å². The number of fused-ring (bicyclic) bond motifs is 1. The second-order valence-electron chi connectivity index (χ2n) is 8.32. The van der Waals surface area contributed by atoms with E-state index in [1.54, 1.807) is 41.7 Å². The van der Waals surface area contributed by atoms with Gasteiger partial charge in [0.15, 0.2) is 0 Å². The highest BCUT2D eigenvalue weighted by atomic mass is 32.1. The second kappa shape index (κ2) is 11.5. The molecule has 4 aromatic rings. The Kier molecular flexibility index (Phi) is 8.12. The number of benzene rings is 2. The molecule has 2 aromatic heterocycles. The lowest BCUT2D eigenvalue weighted by molar-refractivity contribution is 0.0941. The number of ether oxygens (including phenoxy) is 1. The first-order chi connectivity index (χ1) is 17.4. The van der Waals surface area contributed by atoms with Gasteiger partial charge in [0.2, 0.25) is 0 Å². The maximum absolute atomic E-state index is 14.0. The van der Waals surface area contributed by atoms with Crippen LogP contribution in [0.1, 0.15) is 33.3 Å². The van der Waals surface area contributed by atoms with E-state index < -0.39 is 0 Å². The first-order valence-electron chi connectivity index (χ1n) is 11.8. The van der Waals surface area contributed by atoms with Crippen molar-refractivity contribution < 1.29 is 19.0 Å². The highest BCUT2D eigenvalue weighted by molar-refractivity contribution is 7.19. The molecule has 0 aliphatic carbocycles. The number of amides is 1. The summed E-state index contributed by atoms with van der Waals surface area (Å²) < 4.78 is 20.8. The van der Waals surface area contributed by atoms with Crippen LogP contribution in [0.5, 0.6) is 5.75 Å². The molecule has 0 unspecified atom stereocenters. The van der Waals surface area contributed by atoms with Crippen molar-refractivity contribution in [1.29, 1.82) is 0 Å². The number of aliphatic hydroxyl groups excluding tert-OH is 1. The first-order valence-corrected chi connectivity index (χ1v) is 12.6. The highest BCUT2D eigenvalue weighted by Crippen LogP contribution is 2.34. The molecular weight excluding hydrogens is 479 g/mol. The summed E-state index contributed by atoms with van der Waals surface area (Å²) in [7, 11) is 0. The molecule has 7 nitrogen and oxygen atoms in total. The average molecular weight is 509 g/mol.